The van der Waals surface area contributed by atoms with Crippen molar-refractivity contribution in [1.82, 2.24) is 4.90 Å². The Morgan fingerprint density at radius 2 is 2.28 bits per heavy atom. The van der Waals surface area contributed by atoms with E-state index in [0.29, 0.717) is 23.2 Å². The van der Waals surface area contributed by atoms with Crippen molar-refractivity contribution in [2.75, 3.05) is 25.0 Å². The van der Waals surface area contributed by atoms with Gasteiger partial charge in [-0.2, -0.15) is 0 Å². The topological polar surface area (TPSA) is 32.3 Å². The van der Waals surface area contributed by atoms with E-state index in [2.05, 4.69) is 17.1 Å². The minimum atomic E-state index is 0.0113. The lowest BCUT2D eigenvalue weighted by Crippen LogP contribution is -2.39. The van der Waals surface area contributed by atoms with Crippen molar-refractivity contribution < 1.29 is 4.79 Å². The molecule has 1 aromatic carbocycles. The molecule has 1 aliphatic heterocycles. The van der Waals surface area contributed by atoms with Crippen LogP contribution in [-0.2, 0) is 4.79 Å². The van der Waals surface area contributed by atoms with Crippen molar-refractivity contribution >= 4 is 23.2 Å². The number of nitrogens with zero attached hydrogens (tertiary/aromatic N) is 1. The van der Waals surface area contributed by atoms with Gasteiger partial charge in [0, 0.05) is 6.54 Å². The number of hydrogen-bond acceptors (Lipinski definition) is 2. The van der Waals surface area contributed by atoms with Gasteiger partial charge in [-0.05, 0) is 37.4 Å². The van der Waals surface area contributed by atoms with E-state index in [9.17, 15) is 4.79 Å². The van der Waals surface area contributed by atoms with E-state index in [-0.39, 0.29) is 5.91 Å². The Hall–Kier alpha value is -1.06. The lowest BCUT2D eigenvalue weighted by atomic mass is 10.0. The van der Waals surface area contributed by atoms with Crippen molar-refractivity contribution in [3.05, 3.63) is 29.3 Å². The molecule has 18 heavy (non-hydrogen) atoms. The molecular formula is C14H19ClN2O. The van der Waals surface area contributed by atoms with Crippen LogP contribution >= 0.6 is 11.6 Å². The lowest BCUT2D eigenvalue weighted by Gasteiger charge is -2.30. The first kappa shape index (κ1) is 13.4. The van der Waals surface area contributed by atoms with E-state index in [1.54, 1.807) is 6.07 Å². The molecule has 1 aromatic rings. The van der Waals surface area contributed by atoms with E-state index in [1.807, 2.05) is 18.2 Å². The van der Waals surface area contributed by atoms with Crippen LogP contribution in [0, 0.1) is 5.92 Å². The number of anilines is 1. The van der Waals surface area contributed by atoms with E-state index >= 15 is 0 Å². The zero-order valence-corrected chi connectivity index (χ0v) is 11.4. The van der Waals surface area contributed by atoms with Crippen LogP contribution in [0.2, 0.25) is 5.02 Å². The quantitative estimate of drug-likeness (QED) is 0.912. The molecule has 1 amide bonds. The number of rotatable bonds is 3. The lowest BCUT2D eigenvalue weighted by molar-refractivity contribution is -0.117. The number of halogens is 1. The third-order valence-corrected chi connectivity index (χ3v) is 3.59. The highest BCUT2D eigenvalue weighted by Gasteiger charge is 2.18. The van der Waals surface area contributed by atoms with Crippen LogP contribution < -0.4 is 5.32 Å². The van der Waals surface area contributed by atoms with Crippen LogP contribution in [0.4, 0.5) is 5.69 Å². The van der Waals surface area contributed by atoms with Gasteiger partial charge in [-0.25, -0.2) is 0 Å². The molecule has 0 bridgehead atoms. The van der Waals surface area contributed by atoms with Gasteiger partial charge in [0.1, 0.15) is 0 Å². The van der Waals surface area contributed by atoms with Gasteiger partial charge in [-0.1, -0.05) is 30.7 Å². The molecule has 0 radical (unpaired) electrons. The molecule has 3 nitrogen and oxygen atoms in total. The maximum absolute atomic E-state index is 11.9. The summed E-state index contributed by atoms with van der Waals surface area (Å²) in [6, 6.07) is 7.31. The summed E-state index contributed by atoms with van der Waals surface area (Å²) in [5.74, 6) is 0.698. The van der Waals surface area contributed by atoms with Gasteiger partial charge in [0.2, 0.25) is 5.91 Å². The minimum Gasteiger partial charge on any atom is -0.324 e. The van der Waals surface area contributed by atoms with Gasteiger partial charge in [-0.15, -0.1) is 0 Å². The molecule has 0 spiro atoms. The fourth-order valence-electron chi connectivity index (χ4n) is 2.39. The molecule has 0 aromatic heterocycles. The molecule has 1 atom stereocenters. The third kappa shape index (κ3) is 3.72. The Balaban J connectivity index is 1.87. The van der Waals surface area contributed by atoms with Gasteiger partial charge in [0.05, 0.1) is 17.3 Å². The number of benzene rings is 1. The fourth-order valence-corrected chi connectivity index (χ4v) is 2.57. The number of piperidine rings is 1. The molecule has 1 fully saturated rings. The van der Waals surface area contributed by atoms with Crippen LogP contribution in [0.3, 0.4) is 0 Å². The number of nitrogens with one attached hydrogen (secondary N) is 1. The number of carbonyl (C=O) groups is 1. The van der Waals surface area contributed by atoms with Gasteiger partial charge >= 0.3 is 0 Å². The van der Waals surface area contributed by atoms with Crippen molar-refractivity contribution in [2.45, 2.75) is 19.8 Å². The van der Waals surface area contributed by atoms with Gasteiger partial charge in [-0.3, -0.25) is 9.69 Å². The first-order valence-electron chi connectivity index (χ1n) is 6.42. The van der Waals surface area contributed by atoms with Crippen LogP contribution in [-0.4, -0.2) is 30.4 Å². The van der Waals surface area contributed by atoms with E-state index in [0.717, 1.165) is 13.1 Å². The summed E-state index contributed by atoms with van der Waals surface area (Å²) in [5.41, 5.74) is 0.689. The van der Waals surface area contributed by atoms with Crippen LogP contribution in [0.15, 0.2) is 24.3 Å². The SMILES string of the molecule is C[C@H]1CCCN(CC(=O)Nc2ccccc2Cl)C1. The highest BCUT2D eigenvalue weighted by molar-refractivity contribution is 6.33. The number of para-hydroxylation sites is 1. The zero-order valence-electron chi connectivity index (χ0n) is 10.7. The first-order valence-corrected chi connectivity index (χ1v) is 6.79. The molecule has 1 saturated heterocycles. The Labute approximate surface area is 113 Å². The Kier molecular flexibility index (Phi) is 4.61. The van der Waals surface area contributed by atoms with E-state index in [4.69, 9.17) is 11.6 Å². The smallest absolute Gasteiger partial charge is 0.238 e. The third-order valence-electron chi connectivity index (χ3n) is 3.26. The molecule has 98 valence electrons. The molecule has 1 N–H and O–H groups in total. The maximum atomic E-state index is 11.9. The summed E-state index contributed by atoms with van der Waals surface area (Å²) in [5, 5.41) is 3.44. The Morgan fingerprint density at radius 3 is 3.00 bits per heavy atom. The molecule has 1 aliphatic rings. The van der Waals surface area contributed by atoms with E-state index in [1.165, 1.54) is 12.8 Å². The maximum Gasteiger partial charge on any atom is 0.238 e. The summed E-state index contributed by atoms with van der Waals surface area (Å²) < 4.78 is 0. The number of carbonyl (C=O) groups excluding carboxylic acids is 1. The minimum absolute atomic E-state index is 0.0113. The summed E-state index contributed by atoms with van der Waals surface area (Å²) >= 11 is 6.01. The standard InChI is InChI=1S/C14H19ClN2O/c1-11-5-4-8-17(9-11)10-14(18)16-13-7-3-2-6-12(13)15/h2-3,6-7,11H,4-5,8-10H2,1H3,(H,16,18)/t11-/m0/s1. The van der Waals surface area contributed by atoms with Crippen LogP contribution in [0.1, 0.15) is 19.8 Å². The summed E-state index contributed by atoms with van der Waals surface area (Å²) in [4.78, 5) is 14.1. The fraction of sp³-hybridized carbons (Fsp3) is 0.500. The molecule has 0 unspecified atom stereocenters. The summed E-state index contributed by atoms with van der Waals surface area (Å²) in [6.45, 7) is 4.71. The highest BCUT2D eigenvalue weighted by atomic mass is 35.5. The largest absolute Gasteiger partial charge is 0.324 e. The average Bonchev–Trinajstić information content (AvgIpc) is 2.32. The second-order valence-corrected chi connectivity index (χ2v) is 5.42. The molecule has 0 saturated carbocycles. The Bertz CT molecular complexity index is 422. The van der Waals surface area contributed by atoms with Crippen molar-refractivity contribution in [2.24, 2.45) is 5.92 Å². The summed E-state index contributed by atoms with van der Waals surface area (Å²) in [6.07, 6.45) is 2.45. The number of hydrogen-bond donors (Lipinski definition) is 1. The predicted molar refractivity (Wildman–Crippen MR) is 74.9 cm³/mol. The number of amides is 1. The Morgan fingerprint density at radius 1 is 1.50 bits per heavy atom. The predicted octanol–water partition coefficient (Wildman–Crippen LogP) is 3.01. The van der Waals surface area contributed by atoms with Crippen molar-refractivity contribution in [1.29, 1.82) is 0 Å². The average molecular weight is 267 g/mol. The molecule has 0 aliphatic carbocycles. The summed E-state index contributed by atoms with van der Waals surface area (Å²) in [7, 11) is 0. The van der Waals surface area contributed by atoms with Gasteiger partial charge in [0.15, 0.2) is 0 Å². The number of likely N-dealkylation sites (tertiary alicyclic amines) is 1. The normalized spacial score (nSPS) is 20.7. The van der Waals surface area contributed by atoms with Crippen molar-refractivity contribution in [3.8, 4) is 0 Å². The molecule has 1 heterocycles. The molecule has 2 rings (SSSR count). The molecular weight excluding hydrogens is 248 g/mol. The molecule has 4 heteroatoms. The van der Waals surface area contributed by atoms with Gasteiger partial charge < -0.3 is 5.32 Å². The van der Waals surface area contributed by atoms with Crippen LogP contribution in [0.5, 0.6) is 0 Å². The first-order chi connectivity index (χ1) is 8.65. The second kappa shape index (κ2) is 6.21. The zero-order chi connectivity index (χ0) is 13.0. The van der Waals surface area contributed by atoms with Crippen molar-refractivity contribution in [3.63, 3.8) is 0 Å². The van der Waals surface area contributed by atoms with E-state index < -0.39 is 0 Å². The highest BCUT2D eigenvalue weighted by Crippen LogP contribution is 2.20. The van der Waals surface area contributed by atoms with Gasteiger partial charge in [0.25, 0.3) is 0 Å². The van der Waals surface area contributed by atoms with Crippen LogP contribution in [0.25, 0.3) is 0 Å². The monoisotopic (exact) mass is 266 g/mol. The second-order valence-electron chi connectivity index (χ2n) is 5.01.